The summed E-state index contributed by atoms with van der Waals surface area (Å²) in [5, 5.41) is 6.74. The Morgan fingerprint density at radius 1 is 1.26 bits per heavy atom. The first-order valence-electron chi connectivity index (χ1n) is 5.85. The van der Waals surface area contributed by atoms with Crippen molar-refractivity contribution in [3.05, 3.63) is 52.6 Å². The van der Waals surface area contributed by atoms with Gasteiger partial charge in [-0.2, -0.15) is 18.3 Å². The van der Waals surface area contributed by atoms with Crippen LogP contribution in [0.25, 0.3) is 0 Å². The molecule has 2 nitrogen and oxygen atoms in total. The molecule has 0 radical (unpaired) electrons. The van der Waals surface area contributed by atoms with Crippen molar-refractivity contribution in [3.63, 3.8) is 0 Å². The zero-order chi connectivity index (χ0) is 13.6. The Kier molecular flexibility index (Phi) is 2.62. The van der Waals surface area contributed by atoms with Crippen molar-refractivity contribution in [1.82, 2.24) is 10.2 Å². The molecule has 1 aromatic heterocycles. The molecule has 0 fully saturated rings. The molecule has 1 N–H and O–H groups in total. The summed E-state index contributed by atoms with van der Waals surface area (Å²) in [6, 6.07) is 3.14. The van der Waals surface area contributed by atoms with Gasteiger partial charge in [0.25, 0.3) is 0 Å². The topological polar surface area (TPSA) is 28.7 Å². The quantitative estimate of drug-likeness (QED) is 0.787. The van der Waals surface area contributed by atoms with Crippen molar-refractivity contribution in [3.8, 4) is 0 Å². The van der Waals surface area contributed by atoms with E-state index < -0.39 is 17.6 Å². The summed E-state index contributed by atoms with van der Waals surface area (Å²) in [5.74, 6) is -1.30. The van der Waals surface area contributed by atoms with Crippen molar-refractivity contribution in [2.75, 3.05) is 0 Å². The number of aryl methyl sites for hydroxylation is 1. The first-order chi connectivity index (χ1) is 8.97. The van der Waals surface area contributed by atoms with Gasteiger partial charge in [0.2, 0.25) is 0 Å². The second kappa shape index (κ2) is 4.08. The van der Waals surface area contributed by atoms with Gasteiger partial charge in [-0.25, -0.2) is 4.39 Å². The Morgan fingerprint density at radius 2 is 2.05 bits per heavy atom. The third-order valence-corrected chi connectivity index (χ3v) is 3.51. The minimum Gasteiger partial charge on any atom is -0.282 e. The van der Waals surface area contributed by atoms with Gasteiger partial charge in [-0.3, -0.25) is 5.10 Å². The molecule has 100 valence electrons. The van der Waals surface area contributed by atoms with Gasteiger partial charge in [-0.15, -0.1) is 0 Å². The number of alkyl halides is 3. The monoisotopic (exact) mass is 270 g/mol. The minimum absolute atomic E-state index is 0.0782. The third kappa shape index (κ3) is 2.01. The van der Waals surface area contributed by atoms with E-state index in [1.54, 1.807) is 6.20 Å². The molecule has 0 unspecified atom stereocenters. The molecule has 1 aromatic carbocycles. The van der Waals surface area contributed by atoms with E-state index in [0.717, 1.165) is 36.2 Å². The standard InChI is InChI=1S/C13H10F4N2/c14-11-5-7(1-3-10(11)13(15,16)17)8-2-4-12-9(8)6-18-19-12/h1,3,5-6,8H,2,4H2,(H,18,19)/t8-/m1/s1. The van der Waals surface area contributed by atoms with Gasteiger partial charge in [0.05, 0.1) is 11.8 Å². The van der Waals surface area contributed by atoms with E-state index in [2.05, 4.69) is 10.2 Å². The first kappa shape index (κ1) is 12.2. The number of fused-ring (bicyclic) bond motifs is 1. The highest BCUT2D eigenvalue weighted by molar-refractivity contribution is 5.39. The summed E-state index contributed by atoms with van der Waals surface area (Å²) in [7, 11) is 0. The van der Waals surface area contributed by atoms with Crippen LogP contribution in [0, 0.1) is 5.82 Å². The van der Waals surface area contributed by atoms with Crippen LogP contribution in [-0.4, -0.2) is 10.2 Å². The number of nitrogens with zero attached hydrogens (tertiary/aromatic N) is 1. The molecule has 1 heterocycles. The largest absolute Gasteiger partial charge is 0.419 e. The predicted octanol–water partition coefficient (Wildman–Crippen LogP) is 3.65. The number of H-pyrrole nitrogens is 1. The maximum Gasteiger partial charge on any atom is 0.419 e. The molecular formula is C13H10F4N2. The number of aromatic nitrogens is 2. The highest BCUT2D eigenvalue weighted by Gasteiger charge is 2.35. The minimum atomic E-state index is -4.65. The van der Waals surface area contributed by atoms with Crippen molar-refractivity contribution in [1.29, 1.82) is 0 Å². The first-order valence-corrected chi connectivity index (χ1v) is 5.85. The molecule has 1 aliphatic carbocycles. The van der Waals surface area contributed by atoms with Gasteiger partial charge in [0.1, 0.15) is 5.82 Å². The lowest BCUT2D eigenvalue weighted by atomic mass is 9.93. The fraction of sp³-hybridized carbons (Fsp3) is 0.308. The van der Waals surface area contributed by atoms with Gasteiger partial charge in [-0.1, -0.05) is 6.07 Å². The molecule has 0 amide bonds. The summed E-state index contributed by atoms with van der Waals surface area (Å²) < 4.78 is 51.0. The molecule has 1 atom stereocenters. The molecule has 2 aromatic rings. The van der Waals surface area contributed by atoms with Gasteiger partial charge < -0.3 is 0 Å². The summed E-state index contributed by atoms with van der Waals surface area (Å²) in [5.41, 5.74) is 1.26. The Labute approximate surface area is 106 Å². The number of rotatable bonds is 1. The maximum atomic E-state index is 13.6. The second-order valence-electron chi connectivity index (χ2n) is 4.63. The number of nitrogens with one attached hydrogen (secondary N) is 1. The van der Waals surface area contributed by atoms with E-state index in [-0.39, 0.29) is 5.92 Å². The molecule has 0 spiro atoms. The average Bonchev–Trinajstić information content (AvgIpc) is 2.88. The van der Waals surface area contributed by atoms with Crippen LogP contribution in [0.2, 0.25) is 0 Å². The SMILES string of the molecule is Fc1cc([C@H]2CCc3[nH]ncc32)ccc1C(F)(F)F. The lowest BCUT2D eigenvalue weighted by molar-refractivity contribution is -0.140. The van der Waals surface area contributed by atoms with Crippen LogP contribution >= 0.6 is 0 Å². The fourth-order valence-corrected chi connectivity index (χ4v) is 2.59. The average molecular weight is 270 g/mol. The van der Waals surface area contributed by atoms with E-state index in [4.69, 9.17) is 0 Å². The van der Waals surface area contributed by atoms with Crippen LogP contribution < -0.4 is 0 Å². The van der Waals surface area contributed by atoms with Crippen molar-refractivity contribution in [2.45, 2.75) is 24.9 Å². The molecule has 1 aliphatic rings. The molecule has 0 saturated carbocycles. The van der Waals surface area contributed by atoms with Crippen molar-refractivity contribution in [2.24, 2.45) is 0 Å². The zero-order valence-corrected chi connectivity index (χ0v) is 9.76. The Balaban J connectivity index is 1.98. The van der Waals surface area contributed by atoms with E-state index in [1.165, 1.54) is 6.07 Å². The second-order valence-corrected chi connectivity index (χ2v) is 4.63. The predicted molar refractivity (Wildman–Crippen MR) is 60.2 cm³/mol. The number of halogens is 4. The van der Waals surface area contributed by atoms with Crippen LogP contribution in [0.5, 0.6) is 0 Å². The van der Waals surface area contributed by atoms with Gasteiger partial charge in [0, 0.05) is 17.2 Å². The Morgan fingerprint density at radius 3 is 2.74 bits per heavy atom. The molecule has 0 aliphatic heterocycles. The normalized spacial score (nSPS) is 18.6. The molecule has 0 saturated heterocycles. The maximum absolute atomic E-state index is 13.6. The van der Waals surface area contributed by atoms with E-state index >= 15 is 0 Å². The lowest BCUT2D eigenvalue weighted by Crippen LogP contribution is -2.09. The number of benzene rings is 1. The van der Waals surface area contributed by atoms with Gasteiger partial charge in [-0.05, 0) is 30.5 Å². The Bertz CT molecular complexity index is 615. The summed E-state index contributed by atoms with van der Waals surface area (Å²) >= 11 is 0. The highest BCUT2D eigenvalue weighted by Crippen LogP contribution is 2.39. The summed E-state index contributed by atoms with van der Waals surface area (Å²) in [6.45, 7) is 0. The smallest absolute Gasteiger partial charge is 0.282 e. The van der Waals surface area contributed by atoms with Gasteiger partial charge in [0.15, 0.2) is 0 Å². The number of hydrogen-bond donors (Lipinski definition) is 1. The van der Waals surface area contributed by atoms with Crippen molar-refractivity contribution < 1.29 is 17.6 Å². The molecular weight excluding hydrogens is 260 g/mol. The molecule has 3 rings (SSSR count). The van der Waals surface area contributed by atoms with Crippen LogP contribution in [-0.2, 0) is 12.6 Å². The van der Waals surface area contributed by atoms with Crippen molar-refractivity contribution >= 4 is 0 Å². The molecule has 0 bridgehead atoms. The van der Waals surface area contributed by atoms with Crippen LogP contribution in [0.3, 0.4) is 0 Å². The third-order valence-electron chi connectivity index (χ3n) is 3.51. The Hall–Kier alpha value is -1.85. The molecule has 19 heavy (non-hydrogen) atoms. The van der Waals surface area contributed by atoms with Crippen LogP contribution in [0.4, 0.5) is 17.6 Å². The van der Waals surface area contributed by atoms with Crippen LogP contribution in [0.15, 0.2) is 24.4 Å². The summed E-state index contributed by atoms with van der Waals surface area (Å²) in [6.07, 6.45) is -1.46. The van der Waals surface area contributed by atoms with E-state index in [0.29, 0.717) is 5.56 Å². The molecule has 6 heteroatoms. The number of aromatic amines is 1. The van der Waals surface area contributed by atoms with Gasteiger partial charge >= 0.3 is 6.18 Å². The number of hydrogen-bond acceptors (Lipinski definition) is 1. The van der Waals surface area contributed by atoms with E-state index in [9.17, 15) is 17.6 Å². The zero-order valence-electron chi connectivity index (χ0n) is 9.76. The summed E-state index contributed by atoms with van der Waals surface area (Å²) in [4.78, 5) is 0. The highest BCUT2D eigenvalue weighted by atomic mass is 19.4. The van der Waals surface area contributed by atoms with E-state index in [1.807, 2.05) is 0 Å². The fourth-order valence-electron chi connectivity index (χ4n) is 2.59. The lowest BCUT2D eigenvalue weighted by Gasteiger charge is -2.13. The van der Waals surface area contributed by atoms with Crippen LogP contribution in [0.1, 0.15) is 34.7 Å².